The number of rotatable bonds is 3. The Morgan fingerprint density at radius 2 is 2.26 bits per heavy atom. The lowest BCUT2D eigenvalue weighted by Crippen LogP contribution is -2.24. The van der Waals surface area contributed by atoms with E-state index in [1.54, 1.807) is 13.0 Å². The van der Waals surface area contributed by atoms with E-state index in [9.17, 15) is 4.79 Å². The van der Waals surface area contributed by atoms with Crippen molar-refractivity contribution < 1.29 is 9.21 Å². The lowest BCUT2D eigenvalue weighted by atomic mass is 9.86. The third-order valence-electron chi connectivity index (χ3n) is 4.71. The van der Waals surface area contributed by atoms with Crippen LogP contribution in [0.1, 0.15) is 48.7 Å². The van der Waals surface area contributed by atoms with E-state index in [0.29, 0.717) is 17.2 Å². The maximum atomic E-state index is 11.9. The summed E-state index contributed by atoms with van der Waals surface area (Å²) in [4.78, 5) is 11.9. The number of carbonyl (C=O) groups excluding carboxylic acids is 1. The van der Waals surface area contributed by atoms with Gasteiger partial charge in [-0.05, 0) is 51.0 Å². The van der Waals surface area contributed by atoms with Crippen molar-refractivity contribution in [2.24, 2.45) is 22.9 Å². The van der Waals surface area contributed by atoms with E-state index < -0.39 is 0 Å². The van der Waals surface area contributed by atoms with Crippen LogP contribution in [0.3, 0.4) is 0 Å². The fourth-order valence-corrected chi connectivity index (χ4v) is 3.66. The number of amides is 1. The number of furan rings is 1. The molecule has 4 heteroatoms. The van der Waals surface area contributed by atoms with Crippen LogP contribution < -0.4 is 5.43 Å². The summed E-state index contributed by atoms with van der Waals surface area (Å²) in [6, 6.07) is 1.67. The summed E-state index contributed by atoms with van der Waals surface area (Å²) < 4.78 is 5.12. The van der Waals surface area contributed by atoms with Crippen LogP contribution in [-0.4, -0.2) is 11.6 Å². The van der Waals surface area contributed by atoms with Crippen LogP contribution in [-0.2, 0) is 0 Å². The summed E-state index contributed by atoms with van der Waals surface area (Å²) in [5.41, 5.74) is 4.28. The molecule has 0 aromatic carbocycles. The molecule has 1 aromatic rings. The normalized spacial score (nSPS) is 29.8. The Hall–Kier alpha value is -1.58. The number of fused-ring (bicyclic) bond motifs is 2. The molecule has 2 saturated carbocycles. The van der Waals surface area contributed by atoms with Crippen LogP contribution in [0.4, 0.5) is 0 Å². The van der Waals surface area contributed by atoms with E-state index in [0.717, 1.165) is 17.5 Å². The van der Waals surface area contributed by atoms with Crippen LogP contribution in [0.5, 0.6) is 0 Å². The van der Waals surface area contributed by atoms with Crippen LogP contribution >= 0.6 is 0 Å². The van der Waals surface area contributed by atoms with Gasteiger partial charge >= 0.3 is 0 Å². The zero-order valence-electron chi connectivity index (χ0n) is 11.5. The molecule has 2 fully saturated rings. The van der Waals surface area contributed by atoms with Gasteiger partial charge in [-0.3, -0.25) is 4.79 Å². The van der Waals surface area contributed by atoms with E-state index in [2.05, 4.69) is 10.5 Å². The van der Waals surface area contributed by atoms with Gasteiger partial charge in [-0.15, -0.1) is 0 Å². The highest BCUT2D eigenvalue weighted by atomic mass is 16.3. The number of hydrogen-bond acceptors (Lipinski definition) is 3. The minimum atomic E-state index is -0.186. The molecule has 0 spiro atoms. The van der Waals surface area contributed by atoms with Crippen molar-refractivity contribution in [2.45, 2.75) is 39.5 Å². The van der Waals surface area contributed by atoms with Crippen molar-refractivity contribution in [1.29, 1.82) is 0 Å². The van der Waals surface area contributed by atoms with E-state index in [1.807, 2.05) is 6.92 Å². The standard InChI is InChI=1S/C15H20N2O2/c1-9(14-8-11-3-4-12(14)7-11)16-17-15(18)13-5-6-19-10(13)2/h5-6,11-12,14H,3-4,7-8H2,1-2H3,(H,17,18). The third kappa shape index (κ3) is 2.31. The molecule has 4 nitrogen and oxygen atoms in total. The third-order valence-corrected chi connectivity index (χ3v) is 4.71. The van der Waals surface area contributed by atoms with Crippen molar-refractivity contribution in [3.05, 3.63) is 23.7 Å². The van der Waals surface area contributed by atoms with E-state index in [-0.39, 0.29) is 5.91 Å². The number of hydrogen-bond donors (Lipinski definition) is 1. The number of nitrogens with one attached hydrogen (secondary N) is 1. The molecule has 1 amide bonds. The molecule has 2 aliphatic rings. The van der Waals surface area contributed by atoms with E-state index in [1.165, 1.54) is 31.9 Å². The molecule has 3 unspecified atom stereocenters. The van der Waals surface area contributed by atoms with Gasteiger partial charge in [-0.2, -0.15) is 5.10 Å². The SMILES string of the molecule is CC(=NNC(=O)c1ccoc1C)C1CC2CCC1C2. The molecule has 1 heterocycles. The van der Waals surface area contributed by atoms with Crippen molar-refractivity contribution >= 4 is 11.6 Å². The van der Waals surface area contributed by atoms with Crippen LogP contribution in [0.25, 0.3) is 0 Å². The molecule has 1 N–H and O–H groups in total. The first-order valence-electron chi connectivity index (χ1n) is 7.03. The maximum absolute atomic E-state index is 11.9. The fraction of sp³-hybridized carbons (Fsp3) is 0.600. The molecule has 2 aliphatic carbocycles. The Bertz CT molecular complexity index is 518. The Balaban J connectivity index is 1.63. The largest absolute Gasteiger partial charge is 0.469 e. The van der Waals surface area contributed by atoms with Gasteiger partial charge in [0.05, 0.1) is 11.8 Å². The highest BCUT2D eigenvalue weighted by Gasteiger charge is 2.40. The Morgan fingerprint density at radius 3 is 2.84 bits per heavy atom. The molecular weight excluding hydrogens is 240 g/mol. The fourth-order valence-electron chi connectivity index (χ4n) is 3.66. The summed E-state index contributed by atoms with van der Waals surface area (Å²) in [6.45, 7) is 3.81. The molecular formula is C15H20N2O2. The molecule has 0 aliphatic heterocycles. The highest BCUT2D eigenvalue weighted by Crippen LogP contribution is 2.48. The zero-order valence-corrected chi connectivity index (χ0v) is 11.5. The topological polar surface area (TPSA) is 54.6 Å². The monoisotopic (exact) mass is 260 g/mol. The summed E-state index contributed by atoms with van der Waals surface area (Å²) in [5, 5.41) is 4.30. The van der Waals surface area contributed by atoms with Crippen molar-refractivity contribution in [3.63, 3.8) is 0 Å². The number of aryl methyl sites for hydroxylation is 1. The van der Waals surface area contributed by atoms with Gasteiger partial charge in [-0.1, -0.05) is 6.42 Å². The van der Waals surface area contributed by atoms with Crippen LogP contribution in [0.15, 0.2) is 21.8 Å². The molecule has 0 saturated heterocycles. The minimum Gasteiger partial charge on any atom is -0.469 e. The summed E-state index contributed by atoms with van der Waals surface area (Å²) in [5.74, 6) is 2.71. The van der Waals surface area contributed by atoms with Crippen molar-refractivity contribution in [3.8, 4) is 0 Å². The first-order chi connectivity index (χ1) is 9.15. The predicted molar refractivity (Wildman–Crippen MR) is 73.0 cm³/mol. The van der Waals surface area contributed by atoms with Gasteiger partial charge in [0.1, 0.15) is 5.76 Å². The van der Waals surface area contributed by atoms with Gasteiger partial charge in [0, 0.05) is 11.6 Å². The molecule has 0 radical (unpaired) electrons. The second kappa shape index (κ2) is 4.83. The summed E-state index contributed by atoms with van der Waals surface area (Å²) in [6.07, 6.45) is 6.84. The summed E-state index contributed by atoms with van der Waals surface area (Å²) >= 11 is 0. The number of nitrogens with zero attached hydrogens (tertiary/aromatic N) is 1. The smallest absolute Gasteiger partial charge is 0.274 e. The van der Waals surface area contributed by atoms with Gasteiger partial charge in [0.2, 0.25) is 0 Å². The zero-order chi connectivity index (χ0) is 13.4. The van der Waals surface area contributed by atoms with E-state index in [4.69, 9.17) is 4.42 Å². The second-order valence-corrected chi connectivity index (χ2v) is 5.87. The van der Waals surface area contributed by atoms with Crippen LogP contribution in [0.2, 0.25) is 0 Å². The van der Waals surface area contributed by atoms with Gasteiger partial charge in [0.25, 0.3) is 5.91 Å². The number of carbonyl (C=O) groups is 1. The Labute approximate surface area is 113 Å². The predicted octanol–water partition coefficient (Wildman–Crippen LogP) is 3.13. The lowest BCUT2D eigenvalue weighted by Gasteiger charge is -2.21. The Morgan fingerprint density at radius 1 is 1.42 bits per heavy atom. The molecule has 3 rings (SSSR count). The molecule has 1 aromatic heterocycles. The summed E-state index contributed by atoms with van der Waals surface area (Å²) in [7, 11) is 0. The van der Waals surface area contributed by atoms with Crippen molar-refractivity contribution in [2.75, 3.05) is 0 Å². The lowest BCUT2D eigenvalue weighted by molar-refractivity contribution is 0.0953. The molecule has 2 bridgehead atoms. The average molecular weight is 260 g/mol. The average Bonchev–Trinajstić information content (AvgIpc) is 3.10. The Kier molecular flexibility index (Phi) is 3.17. The molecule has 102 valence electrons. The van der Waals surface area contributed by atoms with Crippen molar-refractivity contribution in [1.82, 2.24) is 5.43 Å². The second-order valence-electron chi connectivity index (χ2n) is 5.87. The van der Waals surface area contributed by atoms with Gasteiger partial charge in [-0.25, -0.2) is 5.43 Å². The first kappa shape index (κ1) is 12.5. The number of hydrazone groups is 1. The van der Waals surface area contributed by atoms with Gasteiger partial charge < -0.3 is 4.42 Å². The molecule has 3 atom stereocenters. The molecule has 19 heavy (non-hydrogen) atoms. The van der Waals surface area contributed by atoms with E-state index >= 15 is 0 Å². The highest BCUT2D eigenvalue weighted by molar-refractivity contribution is 5.96. The quantitative estimate of drug-likeness (QED) is 0.670. The minimum absolute atomic E-state index is 0.186. The first-order valence-corrected chi connectivity index (χ1v) is 7.03. The van der Waals surface area contributed by atoms with Crippen LogP contribution in [0, 0.1) is 24.7 Å². The maximum Gasteiger partial charge on any atom is 0.274 e. The van der Waals surface area contributed by atoms with Gasteiger partial charge in [0.15, 0.2) is 0 Å².